The lowest BCUT2D eigenvalue weighted by Gasteiger charge is -2.42. The molecule has 1 fully saturated rings. The van der Waals surface area contributed by atoms with E-state index in [-0.39, 0.29) is 5.41 Å². The largest absolute Gasteiger partial charge is 0.240 e. The topological polar surface area (TPSA) is 46.2 Å². The highest BCUT2D eigenvalue weighted by molar-refractivity contribution is 7.89. The van der Waals surface area contributed by atoms with E-state index in [1.54, 1.807) is 6.07 Å². The van der Waals surface area contributed by atoms with Crippen molar-refractivity contribution in [1.29, 1.82) is 0 Å². The van der Waals surface area contributed by atoms with Crippen LogP contribution in [0.4, 0.5) is 0 Å². The molecular formula is C19H23NO2S. The van der Waals surface area contributed by atoms with Gasteiger partial charge in [0.2, 0.25) is 10.0 Å². The Morgan fingerprint density at radius 1 is 1.04 bits per heavy atom. The molecule has 0 bridgehead atoms. The molecular weight excluding hydrogens is 306 g/mol. The van der Waals surface area contributed by atoms with Gasteiger partial charge in [0.05, 0.1) is 4.90 Å². The summed E-state index contributed by atoms with van der Waals surface area (Å²) in [6.45, 7) is 4.22. The fourth-order valence-corrected chi connectivity index (χ4v) is 4.73. The molecule has 1 N–H and O–H groups in total. The molecule has 0 amide bonds. The first-order valence-electron chi connectivity index (χ1n) is 8.05. The van der Waals surface area contributed by atoms with E-state index in [0.29, 0.717) is 11.4 Å². The Morgan fingerprint density at radius 3 is 2.35 bits per heavy atom. The molecule has 0 aromatic heterocycles. The molecule has 23 heavy (non-hydrogen) atoms. The van der Waals surface area contributed by atoms with Gasteiger partial charge in [-0.3, -0.25) is 0 Å². The molecule has 2 aromatic rings. The van der Waals surface area contributed by atoms with Gasteiger partial charge in [-0.2, -0.15) is 0 Å². The number of benzene rings is 2. The average molecular weight is 329 g/mol. The number of rotatable bonds is 5. The summed E-state index contributed by atoms with van der Waals surface area (Å²) in [5, 5.41) is 0. The summed E-state index contributed by atoms with van der Waals surface area (Å²) in [4.78, 5) is 0.389. The van der Waals surface area contributed by atoms with Crippen LogP contribution in [0.2, 0.25) is 0 Å². The van der Waals surface area contributed by atoms with E-state index >= 15 is 0 Å². The summed E-state index contributed by atoms with van der Waals surface area (Å²) in [7, 11) is -3.48. The van der Waals surface area contributed by atoms with E-state index in [0.717, 1.165) is 30.4 Å². The first kappa shape index (κ1) is 16.2. The maximum absolute atomic E-state index is 12.7. The summed E-state index contributed by atoms with van der Waals surface area (Å²) in [6.07, 6.45) is 3.22. The van der Waals surface area contributed by atoms with E-state index in [1.807, 2.05) is 44.2 Å². The molecule has 3 rings (SSSR count). The second kappa shape index (κ2) is 6.10. The van der Waals surface area contributed by atoms with Crippen molar-refractivity contribution in [1.82, 2.24) is 4.72 Å². The van der Waals surface area contributed by atoms with Crippen LogP contribution in [0, 0.1) is 13.8 Å². The van der Waals surface area contributed by atoms with Gasteiger partial charge in [0.25, 0.3) is 0 Å². The number of sulfonamides is 1. The van der Waals surface area contributed by atoms with E-state index in [9.17, 15) is 8.42 Å². The van der Waals surface area contributed by atoms with Crippen LogP contribution in [0.15, 0.2) is 53.4 Å². The molecule has 4 heteroatoms. The Bertz CT molecular complexity index is 793. The molecule has 0 heterocycles. The van der Waals surface area contributed by atoms with Crippen molar-refractivity contribution >= 4 is 10.0 Å². The third-order valence-corrected chi connectivity index (χ3v) is 6.47. The maximum atomic E-state index is 12.7. The first-order chi connectivity index (χ1) is 10.9. The second-order valence-electron chi connectivity index (χ2n) is 6.59. The van der Waals surface area contributed by atoms with Crippen LogP contribution in [0.25, 0.3) is 0 Å². The van der Waals surface area contributed by atoms with Crippen molar-refractivity contribution < 1.29 is 8.42 Å². The van der Waals surface area contributed by atoms with E-state index in [4.69, 9.17) is 0 Å². The Kier molecular flexibility index (Phi) is 4.30. The Balaban J connectivity index is 1.83. The highest BCUT2D eigenvalue weighted by atomic mass is 32.2. The van der Waals surface area contributed by atoms with Crippen molar-refractivity contribution in [2.75, 3.05) is 6.54 Å². The lowest BCUT2D eigenvalue weighted by molar-refractivity contribution is 0.245. The molecule has 0 atom stereocenters. The maximum Gasteiger partial charge on any atom is 0.240 e. The third-order valence-electron chi connectivity index (χ3n) is 4.93. The Labute approximate surface area is 138 Å². The lowest BCUT2D eigenvalue weighted by Crippen LogP contribution is -2.45. The van der Waals surface area contributed by atoms with Crippen LogP contribution in [0.3, 0.4) is 0 Å². The minimum absolute atomic E-state index is 0.0495. The molecule has 0 aliphatic heterocycles. The zero-order valence-corrected chi connectivity index (χ0v) is 14.5. The minimum Gasteiger partial charge on any atom is -0.210 e. The van der Waals surface area contributed by atoms with Gasteiger partial charge < -0.3 is 0 Å². The highest BCUT2D eigenvalue weighted by Crippen LogP contribution is 2.43. The average Bonchev–Trinajstić information content (AvgIpc) is 2.49. The van der Waals surface area contributed by atoms with Gasteiger partial charge in [-0.1, -0.05) is 48.9 Å². The molecule has 3 nitrogen and oxygen atoms in total. The van der Waals surface area contributed by atoms with Crippen LogP contribution in [-0.4, -0.2) is 15.0 Å². The molecule has 1 saturated carbocycles. The van der Waals surface area contributed by atoms with Gasteiger partial charge in [0, 0.05) is 12.0 Å². The van der Waals surface area contributed by atoms with Gasteiger partial charge >= 0.3 is 0 Å². The third kappa shape index (κ3) is 3.19. The fraction of sp³-hybridized carbons (Fsp3) is 0.368. The van der Waals surface area contributed by atoms with Gasteiger partial charge in [0.1, 0.15) is 0 Å². The molecule has 0 radical (unpaired) electrons. The van der Waals surface area contributed by atoms with Crippen LogP contribution in [-0.2, 0) is 15.4 Å². The summed E-state index contributed by atoms with van der Waals surface area (Å²) >= 11 is 0. The van der Waals surface area contributed by atoms with Crippen LogP contribution in [0.5, 0.6) is 0 Å². The lowest BCUT2D eigenvalue weighted by atomic mass is 9.64. The van der Waals surface area contributed by atoms with Crippen LogP contribution in [0.1, 0.15) is 36.0 Å². The van der Waals surface area contributed by atoms with Crippen LogP contribution < -0.4 is 4.72 Å². The smallest absolute Gasteiger partial charge is 0.210 e. The second-order valence-corrected chi connectivity index (χ2v) is 8.33. The zero-order valence-electron chi connectivity index (χ0n) is 13.7. The summed E-state index contributed by atoms with van der Waals surface area (Å²) in [5.41, 5.74) is 2.92. The van der Waals surface area contributed by atoms with Crippen molar-refractivity contribution in [3.63, 3.8) is 0 Å². The summed E-state index contributed by atoms with van der Waals surface area (Å²) < 4.78 is 28.3. The zero-order chi connectivity index (χ0) is 16.5. The number of hydrogen-bond acceptors (Lipinski definition) is 2. The van der Waals surface area contributed by atoms with E-state index in [1.165, 1.54) is 5.56 Å². The minimum atomic E-state index is -3.48. The predicted molar refractivity (Wildman–Crippen MR) is 93.1 cm³/mol. The van der Waals surface area contributed by atoms with Crippen molar-refractivity contribution in [3.8, 4) is 0 Å². The molecule has 1 aliphatic rings. The van der Waals surface area contributed by atoms with Crippen molar-refractivity contribution in [3.05, 3.63) is 65.2 Å². The van der Waals surface area contributed by atoms with Gasteiger partial charge in [-0.25, -0.2) is 13.1 Å². The Morgan fingerprint density at radius 2 is 1.74 bits per heavy atom. The summed E-state index contributed by atoms with van der Waals surface area (Å²) in [5.74, 6) is 0. The van der Waals surface area contributed by atoms with Gasteiger partial charge in [-0.15, -0.1) is 0 Å². The molecule has 0 saturated heterocycles. The monoisotopic (exact) mass is 329 g/mol. The molecule has 0 unspecified atom stereocenters. The summed E-state index contributed by atoms with van der Waals surface area (Å²) in [6, 6.07) is 15.8. The molecule has 1 aliphatic carbocycles. The molecule has 2 aromatic carbocycles. The SMILES string of the molecule is Cc1ccc(C)c(S(=O)(=O)NCC2(c3ccccc3)CCC2)c1. The van der Waals surface area contributed by atoms with E-state index < -0.39 is 10.0 Å². The van der Waals surface area contributed by atoms with E-state index in [2.05, 4.69) is 16.9 Å². The highest BCUT2D eigenvalue weighted by Gasteiger charge is 2.39. The molecule has 0 spiro atoms. The molecule has 122 valence electrons. The van der Waals surface area contributed by atoms with Crippen LogP contribution >= 0.6 is 0 Å². The first-order valence-corrected chi connectivity index (χ1v) is 9.54. The quantitative estimate of drug-likeness (QED) is 0.909. The Hall–Kier alpha value is -1.65. The fourth-order valence-electron chi connectivity index (χ4n) is 3.27. The van der Waals surface area contributed by atoms with Crippen molar-refractivity contribution in [2.45, 2.75) is 43.4 Å². The predicted octanol–water partition coefficient (Wildman–Crippen LogP) is 3.70. The number of aryl methyl sites for hydroxylation is 2. The number of hydrogen-bond donors (Lipinski definition) is 1. The van der Waals surface area contributed by atoms with Gasteiger partial charge in [-0.05, 0) is 49.4 Å². The number of nitrogens with one attached hydrogen (secondary N) is 1. The normalized spacial score (nSPS) is 16.8. The van der Waals surface area contributed by atoms with Crippen molar-refractivity contribution in [2.24, 2.45) is 0 Å². The standard InChI is InChI=1S/C19H23NO2S/c1-15-9-10-16(2)18(13-15)23(21,22)20-14-19(11-6-12-19)17-7-4-3-5-8-17/h3-5,7-10,13,20H,6,11-12,14H2,1-2H3. The van der Waals surface area contributed by atoms with Gasteiger partial charge in [0.15, 0.2) is 0 Å².